The average molecular weight is 405 g/mol. The van der Waals surface area contributed by atoms with Gasteiger partial charge in [-0.2, -0.15) is 0 Å². The quantitative estimate of drug-likeness (QED) is 0.551. The van der Waals surface area contributed by atoms with Crippen LogP contribution < -0.4 is 10.6 Å². The van der Waals surface area contributed by atoms with E-state index in [0.717, 1.165) is 10.4 Å². The van der Waals surface area contributed by atoms with Gasteiger partial charge >= 0.3 is 11.8 Å². The first-order chi connectivity index (χ1) is 13.0. The SMILES string of the molecule is O=C(NCc1ccc(C(O)c2ccco2)s1)C(=O)NCc1ccccc1Cl. The second-order valence-electron chi connectivity index (χ2n) is 5.68. The standard InChI is InChI=1S/C19H17ClN2O4S/c20-14-5-2-1-4-12(14)10-21-18(24)19(25)22-11-13-7-8-16(27-13)17(23)15-6-3-9-26-15/h1-9,17,23H,10-11H2,(H,21,24)(H,22,25). The molecule has 3 aromatic rings. The molecule has 1 aromatic carbocycles. The van der Waals surface area contributed by atoms with Gasteiger partial charge in [-0.15, -0.1) is 11.3 Å². The number of thiophene rings is 1. The molecule has 2 amide bonds. The first-order valence-electron chi connectivity index (χ1n) is 8.14. The van der Waals surface area contributed by atoms with Crippen molar-refractivity contribution in [3.63, 3.8) is 0 Å². The highest BCUT2D eigenvalue weighted by Gasteiger charge is 2.17. The molecule has 3 N–H and O–H groups in total. The van der Waals surface area contributed by atoms with Crippen LogP contribution in [0.5, 0.6) is 0 Å². The van der Waals surface area contributed by atoms with Gasteiger partial charge in [0.25, 0.3) is 0 Å². The lowest BCUT2D eigenvalue weighted by atomic mass is 10.2. The summed E-state index contributed by atoms with van der Waals surface area (Å²) in [5.74, 6) is -1.02. The van der Waals surface area contributed by atoms with Crippen molar-refractivity contribution in [1.29, 1.82) is 0 Å². The molecule has 1 unspecified atom stereocenters. The summed E-state index contributed by atoms with van der Waals surface area (Å²) in [4.78, 5) is 25.3. The summed E-state index contributed by atoms with van der Waals surface area (Å²) in [6.45, 7) is 0.359. The number of hydrogen-bond acceptors (Lipinski definition) is 5. The molecular weight excluding hydrogens is 388 g/mol. The molecule has 1 atom stereocenters. The third-order valence-electron chi connectivity index (χ3n) is 3.79. The lowest BCUT2D eigenvalue weighted by molar-refractivity contribution is -0.139. The van der Waals surface area contributed by atoms with Crippen molar-refractivity contribution in [3.8, 4) is 0 Å². The van der Waals surface area contributed by atoms with Gasteiger partial charge in [0.2, 0.25) is 0 Å². The van der Waals surface area contributed by atoms with Crippen LogP contribution in [0, 0.1) is 0 Å². The molecule has 0 saturated heterocycles. The highest BCUT2D eigenvalue weighted by molar-refractivity contribution is 7.12. The molecule has 27 heavy (non-hydrogen) atoms. The van der Waals surface area contributed by atoms with Gasteiger partial charge < -0.3 is 20.2 Å². The smallest absolute Gasteiger partial charge is 0.309 e. The maximum atomic E-state index is 11.9. The fourth-order valence-electron chi connectivity index (χ4n) is 2.37. The molecule has 0 bridgehead atoms. The Labute approximate surface area is 164 Å². The van der Waals surface area contributed by atoms with E-state index in [1.165, 1.54) is 17.6 Å². The van der Waals surface area contributed by atoms with Gasteiger partial charge in [0.05, 0.1) is 12.8 Å². The second-order valence-corrected chi connectivity index (χ2v) is 7.29. The molecule has 140 valence electrons. The van der Waals surface area contributed by atoms with Gasteiger partial charge in [-0.25, -0.2) is 0 Å². The molecule has 0 aliphatic carbocycles. The minimum atomic E-state index is -0.853. The van der Waals surface area contributed by atoms with Crippen molar-refractivity contribution in [2.75, 3.05) is 0 Å². The first kappa shape index (κ1) is 19.2. The summed E-state index contributed by atoms with van der Waals surface area (Å²) in [5, 5.41) is 15.8. The molecule has 0 saturated carbocycles. The second kappa shape index (κ2) is 8.85. The highest BCUT2D eigenvalue weighted by atomic mass is 35.5. The van der Waals surface area contributed by atoms with E-state index < -0.39 is 17.9 Å². The Kier molecular flexibility index (Phi) is 6.28. The Hall–Kier alpha value is -2.61. The molecule has 3 rings (SSSR count). The van der Waals surface area contributed by atoms with Crippen molar-refractivity contribution in [3.05, 3.63) is 80.9 Å². The van der Waals surface area contributed by atoms with Crippen LogP contribution in [0.1, 0.15) is 27.2 Å². The number of aliphatic hydroxyl groups excluding tert-OH is 1. The largest absolute Gasteiger partial charge is 0.466 e. The van der Waals surface area contributed by atoms with Gasteiger partial charge in [0, 0.05) is 21.3 Å². The highest BCUT2D eigenvalue weighted by Crippen LogP contribution is 2.28. The summed E-state index contributed by atoms with van der Waals surface area (Å²) in [7, 11) is 0. The van der Waals surface area contributed by atoms with Gasteiger partial charge in [-0.3, -0.25) is 9.59 Å². The topological polar surface area (TPSA) is 91.6 Å². The zero-order chi connectivity index (χ0) is 19.2. The zero-order valence-electron chi connectivity index (χ0n) is 14.1. The Morgan fingerprint density at radius 3 is 2.48 bits per heavy atom. The van der Waals surface area contributed by atoms with E-state index >= 15 is 0 Å². The van der Waals surface area contributed by atoms with Crippen molar-refractivity contribution >= 4 is 34.8 Å². The molecule has 8 heteroatoms. The number of benzene rings is 1. The third kappa shape index (κ3) is 4.97. The fraction of sp³-hybridized carbons (Fsp3) is 0.158. The van der Waals surface area contributed by atoms with Crippen molar-refractivity contribution in [1.82, 2.24) is 10.6 Å². The number of carbonyl (C=O) groups excluding carboxylic acids is 2. The predicted molar refractivity (Wildman–Crippen MR) is 102 cm³/mol. The van der Waals surface area contributed by atoms with Crippen LogP contribution >= 0.6 is 22.9 Å². The normalized spacial score (nSPS) is 11.8. The van der Waals surface area contributed by atoms with E-state index in [4.69, 9.17) is 16.0 Å². The third-order valence-corrected chi connectivity index (χ3v) is 5.30. The summed E-state index contributed by atoms with van der Waals surface area (Å²) in [5.41, 5.74) is 0.732. The van der Waals surface area contributed by atoms with E-state index in [1.807, 2.05) is 0 Å². The minimum absolute atomic E-state index is 0.171. The maximum absolute atomic E-state index is 11.9. The van der Waals surface area contributed by atoms with Crippen molar-refractivity contribution < 1.29 is 19.1 Å². The van der Waals surface area contributed by atoms with E-state index in [9.17, 15) is 14.7 Å². The Morgan fingerprint density at radius 1 is 1.04 bits per heavy atom. The average Bonchev–Trinajstić information content (AvgIpc) is 3.36. The number of halogens is 1. The first-order valence-corrected chi connectivity index (χ1v) is 9.33. The van der Waals surface area contributed by atoms with Crippen molar-refractivity contribution in [2.24, 2.45) is 0 Å². The van der Waals surface area contributed by atoms with E-state index in [-0.39, 0.29) is 13.1 Å². The monoisotopic (exact) mass is 404 g/mol. The molecule has 0 spiro atoms. The van der Waals surface area contributed by atoms with Crippen LogP contribution in [0.4, 0.5) is 0 Å². The molecule has 0 aliphatic rings. The van der Waals surface area contributed by atoms with E-state index in [1.54, 1.807) is 48.5 Å². The summed E-state index contributed by atoms with van der Waals surface area (Å²) < 4.78 is 5.18. The molecular formula is C19H17ClN2O4S. The predicted octanol–water partition coefficient (Wildman–Crippen LogP) is 3.01. The molecule has 0 fully saturated rings. The number of amides is 2. The van der Waals surface area contributed by atoms with Gasteiger partial charge in [-0.1, -0.05) is 29.8 Å². The molecule has 2 aromatic heterocycles. The van der Waals surface area contributed by atoms with E-state index in [2.05, 4.69) is 10.6 Å². The number of rotatable bonds is 6. The summed E-state index contributed by atoms with van der Waals surface area (Å²) >= 11 is 7.35. The fourth-order valence-corrected chi connectivity index (χ4v) is 3.52. The van der Waals surface area contributed by atoms with Gasteiger partial charge in [-0.05, 0) is 35.9 Å². The van der Waals surface area contributed by atoms with E-state index in [0.29, 0.717) is 15.7 Å². The van der Waals surface area contributed by atoms with Crippen LogP contribution in [-0.2, 0) is 22.7 Å². The Balaban J connectivity index is 1.49. The Bertz CT molecular complexity index is 923. The Morgan fingerprint density at radius 2 is 1.78 bits per heavy atom. The van der Waals surface area contributed by atoms with Crippen molar-refractivity contribution in [2.45, 2.75) is 19.2 Å². The molecule has 0 radical (unpaired) electrons. The number of carbonyl (C=O) groups is 2. The van der Waals surface area contributed by atoms with Gasteiger partial charge in [0.1, 0.15) is 11.9 Å². The number of furan rings is 1. The van der Waals surface area contributed by atoms with Crippen LogP contribution in [0.25, 0.3) is 0 Å². The molecule has 2 heterocycles. The summed E-state index contributed by atoms with van der Waals surface area (Å²) in [6.07, 6.45) is 0.641. The molecule has 6 nitrogen and oxygen atoms in total. The number of hydrogen-bond donors (Lipinski definition) is 3. The summed E-state index contributed by atoms with van der Waals surface area (Å²) in [6, 6.07) is 14.0. The van der Waals surface area contributed by atoms with Crippen LogP contribution in [0.2, 0.25) is 5.02 Å². The van der Waals surface area contributed by atoms with Gasteiger partial charge in [0.15, 0.2) is 0 Å². The van der Waals surface area contributed by atoms with Crippen LogP contribution in [-0.4, -0.2) is 16.9 Å². The number of nitrogens with one attached hydrogen (secondary N) is 2. The zero-order valence-corrected chi connectivity index (χ0v) is 15.7. The lowest BCUT2D eigenvalue weighted by Crippen LogP contribution is -2.39. The van der Waals surface area contributed by atoms with Crippen LogP contribution in [0.3, 0.4) is 0 Å². The van der Waals surface area contributed by atoms with Crippen LogP contribution in [0.15, 0.2) is 59.2 Å². The number of aliphatic hydroxyl groups is 1. The lowest BCUT2D eigenvalue weighted by Gasteiger charge is -2.07. The maximum Gasteiger partial charge on any atom is 0.309 e. The molecule has 0 aliphatic heterocycles. The minimum Gasteiger partial charge on any atom is -0.466 e.